The van der Waals surface area contributed by atoms with Crippen LogP contribution < -0.4 is 4.90 Å². The van der Waals surface area contributed by atoms with Crippen LogP contribution >= 0.6 is 0 Å². The van der Waals surface area contributed by atoms with Crippen LogP contribution in [0.25, 0.3) is 82.1 Å². The summed E-state index contributed by atoms with van der Waals surface area (Å²) in [5.74, 6) is 0. The number of anilines is 3. The third-order valence-corrected chi connectivity index (χ3v) is 11.3. The van der Waals surface area contributed by atoms with Gasteiger partial charge < -0.3 is 9.47 Å². The fraction of sp³-hybridized carbons (Fsp3) is 0. The minimum absolute atomic E-state index is 1.10. The van der Waals surface area contributed by atoms with Gasteiger partial charge in [-0.2, -0.15) is 0 Å². The first-order chi connectivity index (χ1) is 27.7. The number of hydrogen-bond donors (Lipinski definition) is 0. The molecule has 1 aromatic heterocycles. The Morgan fingerprint density at radius 2 is 0.839 bits per heavy atom. The molecule has 1 heterocycles. The topological polar surface area (TPSA) is 8.17 Å². The van der Waals surface area contributed by atoms with Gasteiger partial charge in [-0.1, -0.05) is 152 Å². The van der Waals surface area contributed by atoms with Crippen LogP contribution in [-0.4, -0.2) is 4.57 Å². The normalized spacial score (nSPS) is 11.6. The Morgan fingerprint density at radius 3 is 1.62 bits per heavy atom. The van der Waals surface area contributed by atoms with Gasteiger partial charge in [-0.05, 0) is 116 Å². The maximum absolute atomic E-state index is 2.43. The maximum Gasteiger partial charge on any atom is 0.0561 e. The van der Waals surface area contributed by atoms with Gasteiger partial charge in [-0.25, -0.2) is 0 Å². The first-order valence-corrected chi connectivity index (χ1v) is 19.3. The molecule has 0 aliphatic rings. The lowest BCUT2D eigenvalue weighted by Gasteiger charge is -2.27. The average Bonchev–Trinajstić information content (AvgIpc) is 3.60. The Balaban J connectivity index is 1.07. The summed E-state index contributed by atoms with van der Waals surface area (Å²) < 4.78 is 2.40. The molecule has 0 fully saturated rings. The second-order valence-electron chi connectivity index (χ2n) is 14.6. The van der Waals surface area contributed by atoms with Crippen molar-refractivity contribution in [3.05, 3.63) is 218 Å². The van der Waals surface area contributed by atoms with E-state index in [9.17, 15) is 0 Å². The van der Waals surface area contributed by atoms with Gasteiger partial charge in [-0.3, -0.25) is 0 Å². The Bertz CT molecular complexity index is 3260. The Labute approximate surface area is 325 Å². The third kappa shape index (κ3) is 5.42. The van der Waals surface area contributed by atoms with Crippen molar-refractivity contribution in [3.8, 4) is 27.9 Å². The van der Waals surface area contributed by atoms with Gasteiger partial charge in [0.1, 0.15) is 0 Å². The summed E-state index contributed by atoms with van der Waals surface area (Å²) >= 11 is 0. The molecule has 0 unspecified atom stereocenters. The molecule has 0 spiro atoms. The van der Waals surface area contributed by atoms with Crippen molar-refractivity contribution in [2.24, 2.45) is 0 Å². The van der Waals surface area contributed by atoms with Crippen molar-refractivity contribution in [1.29, 1.82) is 0 Å². The predicted octanol–water partition coefficient (Wildman–Crippen LogP) is 15.0. The molecule has 2 nitrogen and oxygen atoms in total. The molecular weight excluding hydrogens is 677 g/mol. The minimum atomic E-state index is 1.10. The second kappa shape index (κ2) is 13.2. The Hall–Kier alpha value is -7.42. The fourth-order valence-corrected chi connectivity index (χ4v) is 8.58. The number of fused-ring (bicyclic) bond motifs is 6. The van der Waals surface area contributed by atoms with Gasteiger partial charge >= 0.3 is 0 Å². The number of rotatable bonds is 6. The zero-order valence-corrected chi connectivity index (χ0v) is 30.7. The van der Waals surface area contributed by atoms with Crippen LogP contribution in [0.15, 0.2) is 218 Å². The molecule has 0 amide bonds. The SMILES string of the molecule is c1ccc(-n2c3ccccc3c3ccc(N(c4cccc(-c5ccc6ccc(-c7ccc8ccccc8c7)cc6c5)c4)c4cccc5ccccc45)cc32)cc1. The van der Waals surface area contributed by atoms with Crippen molar-refractivity contribution in [2.75, 3.05) is 4.90 Å². The maximum atomic E-state index is 2.43. The summed E-state index contributed by atoms with van der Waals surface area (Å²) in [6.45, 7) is 0. The van der Waals surface area contributed by atoms with Crippen LogP contribution in [-0.2, 0) is 0 Å². The molecule has 0 N–H and O–H groups in total. The highest BCUT2D eigenvalue weighted by molar-refractivity contribution is 6.11. The predicted molar refractivity (Wildman–Crippen MR) is 239 cm³/mol. The highest BCUT2D eigenvalue weighted by Crippen LogP contribution is 2.43. The van der Waals surface area contributed by atoms with Crippen molar-refractivity contribution in [3.63, 3.8) is 0 Å². The largest absolute Gasteiger partial charge is 0.310 e. The lowest BCUT2D eigenvalue weighted by atomic mass is 9.96. The minimum Gasteiger partial charge on any atom is -0.310 e. The summed E-state index contributed by atoms with van der Waals surface area (Å²) in [5.41, 5.74) is 11.7. The van der Waals surface area contributed by atoms with Crippen LogP contribution in [0.4, 0.5) is 17.1 Å². The monoisotopic (exact) mass is 712 g/mol. The molecule has 2 heteroatoms. The summed E-state index contributed by atoms with van der Waals surface area (Å²) in [4.78, 5) is 2.43. The standard InChI is InChI=1S/C54H36N2/c1-2-17-46(18-3-1)56-53-22-9-8-21-50(53)51-31-30-48(36-54(51)56)55(52-23-11-15-39-13-6-7-20-49(39)52)47-19-10-16-41(35-47)43-28-25-38-26-29-44(34-45(38)33-43)42-27-24-37-12-4-5-14-40(37)32-42/h1-36H. The quantitative estimate of drug-likeness (QED) is 0.167. The number of nitrogens with zero attached hydrogens (tertiary/aromatic N) is 2. The van der Waals surface area contributed by atoms with Crippen molar-refractivity contribution in [2.45, 2.75) is 0 Å². The van der Waals surface area contributed by atoms with Crippen molar-refractivity contribution < 1.29 is 0 Å². The molecule has 0 aliphatic carbocycles. The molecule has 56 heavy (non-hydrogen) atoms. The zero-order chi connectivity index (χ0) is 37.0. The van der Waals surface area contributed by atoms with E-state index in [1.165, 1.54) is 76.4 Å². The molecule has 11 rings (SSSR count). The van der Waals surface area contributed by atoms with Crippen LogP contribution in [0.2, 0.25) is 0 Å². The van der Waals surface area contributed by atoms with Crippen LogP contribution in [0.3, 0.4) is 0 Å². The number of para-hydroxylation sites is 2. The Morgan fingerprint density at radius 1 is 0.286 bits per heavy atom. The number of aromatic nitrogens is 1. The van der Waals surface area contributed by atoms with E-state index < -0.39 is 0 Å². The van der Waals surface area contributed by atoms with E-state index >= 15 is 0 Å². The van der Waals surface area contributed by atoms with E-state index in [1.54, 1.807) is 0 Å². The summed E-state index contributed by atoms with van der Waals surface area (Å²) in [6.07, 6.45) is 0. The zero-order valence-electron chi connectivity index (χ0n) is 30.7. The van der Waals surface area contributed by atoms with E-state index in [-0.39, 0.29) is 0 Å². The first-order valence-electron chi connectivity index (χ1n) is 19.3. The molecule has 0 radical (unpaired) electrons. The average molecular weight is 713 g/mol. The van der Waals surface area contributed by atoms with Crippen LogP contribution in [0.5, 0.6) is 0 Å². The molecular formula is C54H36N2. The van der Waals surface area contributed by atoms with E-state index in [1.807, 2.05) is 0 Å². The smallest absolute Gasteiger partial charge is 0.0561 e. The van der Waals surface area contributed by atoms with E-state index in [0.717, 1.165) is 22.7 Å². The molecule has 0 bridgehead atoms. The molecule has 0 aliphatic heterocycles. The number of hydrogen-bond acceptors (Lipinski definition) is 1. The fourth-order valence-electron chi connectivity index (χ4n) is 8.58. The summed E-state index contributed by atoms with van der Waals surface area (Å²) in [7, 11) is 0. The highest BCUT2D eigenvalue weighted by Gasteiger charge is 2.19. The molecule has 0 saturated carbocycles. The van der Waals surface area contributed by atoms with Crippen LogP contribution in [0.1, 0.15) is 0 Å². The van der Waals surface area contributed by atoms with Gasteiger partial charge in [-0.15, -0.1) is 0 Å². The lowest BCUT2D eigenvalue weighted by molar-refractivity contribution is 1.18. The lowest BCUT2D eigenvalue weighted by Crippen LogP contribution is -2.10. The summed E-state index contributed by atoms with van der Waals surface area (Å²) in [6, 6.07) is 79.6. The Kier molecular flexibility index (Phi) is 7.53. The van der Waals surface area contributed by atoms with Crippen LogP contribution in [0, 0.1) is 0 Å². The first kappa shape index (κ1) is 32.0. The highest BCUT2D eigenvalue weighted by atomic mass is 15.1. The van der Waals surface area contributed by atoms with Gasteiger partial charge in [0.2, 0.25) is 0 Å². The van der Waals surface area contributed by atoms with Gasteiger partial charge in [0, 0.05) is 33.2 Å². The van der Waals surface area contributed by atoms with E-state index in [0.29, 0.717) is 0 Å². The molecule has 10 aromatic carbocycles. The van der Waals surface area contributed by atoms with Gasteiger partial charge in [0.05, 0.1) is 16.7 Å². The third-order valence-electron chi connectivity index (χ3n) is 11.3. The van der Waals surface area contributed by atoms with Gasteiger partial charge in [0.15, 0.2) is 0 Å². The van der Waals surface area contributed by atoms with Gasteiger partial charge in [0.25, 0.3) is 0 Å². The molecule has 0 atom stereocenters. The molecule has 262 valence electrons. The van der Waals surface area contributed by atoms with Crippen molar-refractivity contribution in [1.82, 2.24) is 4.57 Å². The molecule has 11 aromatic rings. The summed E-state index contributed by atoms with van der Waals surface area (Å²) in [5, 5.41) is 9.87. The molecule has 0 saturated heterocycles. The number of benzene rings is 10. The van der Waals surface area contributed by atoms with Crippen molar-refractivity contribution >= 4 is 71.2 Å². The van der Waals surface area contributed by atoms with E-state index in [2.05, 4.69) is 228 Å². The van der Waals surface area contributed by atoms with E-state index in [4.69, 9.17) is 0 Å². The second-order valence-corrected chi connectivity index (χ2v) is 14.6.